The van der Waals surface area contributed by atoms with Gasteiger partial charge in [0.1, 0.15) is 12.4 Å². The summed E-state index contributed by atoms with van der Waals surface area (Å²) < 4.78 is 18.4. The van der Waals surface area contributed by atoms with Gasteiger partial charge in [-0.15, -0.1) is 0 Å². The molecule has 1 aromatic carbocycles. The Hall–Kier alpha value is -1.50. The van der Waals surface area contributed by atoms with Crippen LogP contribution in [0.15, 0.2) is 24.3 Å². The fourth-order valence-electron chi connectivity index (χ4n) is 2.48. The topological polar surface area (TPSA) is 53.0 Å². The zero-order valence-electron chi connectivity index (χ0n) is 12.2. The number of hydrogen-bond acceptors (Lipinski definition) is 4. The van der Waals surface area contributed by atoms with E-state index < -0.39 is 6.10 Å². The SMILES string of the molecule is COCC(=O)N1CCN(CC(O)c2ccccc2F)CC1. The molecule has 2 rings (SSSR count). The summed E-state index contributed by atoms with van der Waals surface area (Å²) in [7, 11) is 1.50. The number of hydrogen-bond donors (Lipinski definition) is 1. The van der Waals surface area contributed by atoms with E-state index >= 15 is 0 Å². The first-order chi connectivity index (χ1) is 10.1. The van der Waals surface area contributed by atoms with Gasteiger partial charge in [0.05, 0.1) is 6.10 Å². The highest BCUT2D eigenvalue weighted by Crippen LogP contribution is 2.18. The van der Waals surface area contributed by atoms with Crippen LogP contribution in [-0.2, 0) is 9.53 Å². The van der Waals surface area contributed by atoms with Gasteiger partial charge in [-0.2, -0.15) is 0 Å². The van der Waals surface area contributed by atoms with E-state index in [1.165, 1.54) is 13.2 Å². The molecule has 0 spiro atoms. The fraction of sp³-hybridized carbons (Fsp3) is 0.533. The number of carbonyl (C=O) groups excluding carboxylic acids is 1. The summed E-state index contributed by atoms with van der Waals surface area (Å²) in [5.41, 5.74) is 0.315. The van der Waals surface area contributed by atoms with Crippen LogP contribution < -0.4 is 0 Å². The molecule has 1 heterocycles. The molecule has 1 N–H and O–H groups in total. The van der Waals surface area contributed by atoms with Crippen LogP contribution in [-0.4, -0.2) is 67.3 Å². The van der Waals surface area contributed by atoms with Crippen molar-refractivity contribution < 1.29 is 19.0 Å². The van der Waals surface area contributed by atoms with Crippen molar-refractivity contribution in [3.8, 4) is 0 Å². The Morgan fingerprint density at radius 2 is 2.00 bits per heavy atom. The number of methoxy groups -OCH3 is 1. The smallest absolute Gasteiger partial charge is 0.248 e. The molecule has 1 saturated heterocycles. The van der Waals surface area contributed by atoms with Crippen molar-refractivity contribution in [2.45, 2.75) is 6.10 Å². The predicted octanol–water partition coefficient (Wildman–Crippen LogP) is 0.650. The molecule has 1 fully saturated rings. The lowest BCUT2D eigenvalue weighted by atomic mass is 10.1. The molecule has 0 radical (unpaired) electrons. The first-order valence-electron chi connectivity index (χ1n) is 7.03. The van der Waals surface area contributed by atoms with Crippen molar-refractivity contribution in [1.82, 2.24) is 9.80 Å². The van der Waals surface area contributed by atoms with Crippen LogP contribution in [0.25, 0.3) is 0 Å². The number of nitrogens with zero attached hydrogens (tertiary/aromatic N) is 2. The Morgan fingerprint density at radius 1 is 1.33 bits per heavy atom. The van der Waals surface area contributed by atoms with Gasteiger partial charge in [-0.3, -0.25) is 9.69 Å². The lowest BCUT2D eigenvalue weighted by Crippen LogP contribution is -2.50. The summed E-state index contributed by atoms with van der Waals surface area (Å²) in [6, 6.07) is 6.26. The largest absolute Gasteiger partial charge is 0.387 e. The second-order valence-corrected chi connectivity index (χ2v) is 5.15. The molecule has 0 bridgehead atoms. The van der Waals surface area contributed by atoms with E-state index in [4.69, 9.17) is 4.74 Å². The minimum absolute atomic E-state index is 0.0215. The van der Waals surface area contributed by atoms with E-state index in [0.29, 0.717) is 38.3 Å². The van der Waals surface area contributed by atoms with E-state index in [0.717, 1.165) is 0 Å². The number of halogens is 1. The maximum absolute atomic E-state index is 13.6. The summed E-state index contributed by atoms with van der Waals surface area (Å²) >= 11 is 0. The van der Waals surface area contributed by atoms with Crippen LogP contribution in [0.3, 0.4) is 0 Å². The number of piperazine rings is 1. The van der Waals surface area contributed by atoms with Crippen LogP contribution in [0.5, 0.6) is 0 Å². The standard InChI is InChI=1S/C15H21FN2O3/c1-21-11-15(20)18-8-6-17(7-9-18)10-14(19)12-4-2-3-5-13(12)16/h2-5,14,19H,6-11H2,1H3. The number of aliphatic hydroxyl groups is 1. The monoisotopic (exact) mass is 296 g/mol. The molecule has 1 aromatic rings. The van der Waals surface area contributed by atoms with Crippen LogP contribution in [0, 0.1) is 5.82 Å². The Bertz CT molecular complexity index is 476. The summed E-state index contributed by atoms with van der Waals surface area (Å²) in [5, 5.41) is 10.1. The summed E-state index contributed by atoms with van der Waals surface area (Å²) in [6.07, 6.45) is -0.854. The number of aliphatic hydroxyl groups excluding tert-OH is 1. The predicted molar refractivity (Wildman–Crippen MR) is 76.3 cm³/mol. The highest BCUT2D eigenvalue weighted by Gasteiger charge is 2.23. The third-order valence-electron chi connectivity index (χ3n) is 3.69. The molecule has 1 atom stereocenters. The van der Waals surface area contributed by atoms with Crippen LogP contribution >= 0.6 is 0 Å². The van der Waals surface area contributed by atoms with Crippen LogP contribution in [0.4, 0.5) is 4.39 Å². The van der Waals surface area contributed by atoms with Gasteiger partial charge in [0, 0.05) is 45.4 Å². The van der Waals surface area contributed by atoms with Gasteiger partial charge in [0.25, 0.3) is 0 Å². The number of amides is 1. The molecule has 5 nitrogen and oxygen atoms in total. The van der Waals surface area contributed by atoms with E-state index in [1.807, 2.05) is 4.90 Å². The zero-order chi connectivity index (χ0) is 15.2. The van der Waals surface area contributed by atoms with Gasteiger partial charge in [-0.25, -0.2) is 4.39 Å². The third kappa shape index (κ3) is 4.23. The number of ether oxygens (including phenoxy) is 1. The van der Waals surface area contributed by atoms with Crippen molar-refractivity contribution in [1.29, 1.82) is 0 Å². The molecule has 1 aliphatic rings. The van der Waals surface area contributed by atoms with Gasteiger partial charge in [-0.05, 0) is 6.07 Å². The van der Waals surface area contributed by atoms with Gasteiger partial charge in [0.2, 0.25) is 5.91 Å². The van der Waals surface area contributed by atoms with E-state index in [9.17, 15) is 14.3 Å². The fourth-order valence-corrected chi connectivity index (χ4v) is 2.48. The molecule has 21 heavy (non-hydrogen) atoms. The highest BCUT2D eigenvalue weighted by atomic mass is 19.1. The molecule has 0 saturated carbocycles. The summed E-state index contributed by atoms with van der Waals surface area (Å²) in [4.78, 5) is 15.5. The quantitative estimate of drug-likeness (QED) is 0.867. The Labute approximate surface area is 123 Å². The summed E-state index contributed by atoms with van der Waals surface area (Å²) in [5.74, 6) is -0.411. The van der Waals surface area contributed by atoms with Crippen molar-refractivity contribution >= 4 is 5.91 Å². The third-order valence-corrected chi connectivity index (χ3v) is 3.69. The first kappa shape index (κ1) is 15.9. The normalized spacial score (nSPS) is 17.8. The molecule has 1 aliphatic heterocycles. The minimum atomic E-state index is -0.854. The van der Waals surface area contributed by atoms with E-state index in [2.05, 4.69) is 0 Å². The molecule has 0 aromatic heterocycles. The molecule has 116 valence electrons. The van der Waals surface area contributed by atoms with Crippen LogP contribution in [0.1, 0.15) is 11.7 Å². The average molecular weight is 296 g/mol. The first-order valence-corrected chi connectivity index (χ1v) is 7.03. The molecular weight excluding hydrogens is 275 g/mol. The molecule has 0 aliphatic carbocycles. The average Bonchev–Trinajstić information content (AvgIpc) is 2.48. The van der Waals surface area contributed by atoms with Crippen molar-refractivity contribution in [2.75, 3.05) is 46.4 Å². The van der Waals surface area contributed by atoms with Gasteiger partial charge in [0.15, 0.2) is 0 Å². The van der Waals surface area contributed by atoms with Gasteiger partial charge < -0.3 is 14.7 Å². The molecule has 1 unspecified atom stereocenters. The Kier molecular flexibility index (Phi) is 5.67. The lowest BCUT2D eigenvalue weighted by molar-refractivity contribution is -0.137. The number of benzene rings is 1. The summed E-state index contributed by atoms with van der Waals surface area (Å²) in [6.45, 7) is 3.01. The van der Waals surface area contributed by atoms with Crippen molar-refractivity contribution in [3.05, 3.63) is 35.6 Å². The van der Waals surface area contributed by atoms with Crippen molar-refractivity contribution in [3.63, 3.8) is 0 Å². The van der Waals surface area contributed by atoms with E-state index in [1.54, 1.807) is 23.1 Å². The van der Waals surface area contributed by atoms with Gasteiger partial charge >= 0.3 is 0 Å². The maximum Gasteiger partial charge on any atom is 0.248 e. The second-order valence-electron chi connectivity index (χ2n) is 5.15. The Balaban J connectivity index is 1.83. The second kappa shape index (κ2) is 7.49. The van der Waals surface area contributed by atoms with Gasteiger partial charge in [-0.1, -0.05) is 18.2 Å². The highest BCUT2D eigenvalue weighted by molar-refractivity contribution is 5.77. The Morgan fingerprint density at radius 3 is 2.62 bits per heavy atom. The molecule has 1 amide bonds. The zero-order valence-corrected chi connectivity index (χ0v) is 12.2. The van der Waals surface area contributed by atoms with Crippen LogP contribution in [0.2, 0.25) is 0 Å². The molecular formula is C15H21FN2O3. The van der Waals surface area contributed by atoms with Crippen molar-refractivity contribution in [2.24, 2.45) is 0 Å². The number of rotatable bonds is 5. The molecule has 6 heteroatoms. The minimum Gasteiger partial charge on any atom is -0.387 e. The van der Waals surface area contributed by atoms with E-state index in [-0.39, 0.29) is 18.3 Å². The number of β-amino-alcohol motifs (C(OH)–C–C–N with tert-alkyl or cyclic N) is 1. The maximum atomic E-state index is 13.6. The number of carbonyl (C=O) groups is 1. The lowest BCUT2D eigenvalue weighted by Gasteiger charge is -2.35.